The Morgan fingerprint density at radius 1 is 0.414 bits per heavy atom. The Kier molecular flexibility index (Phi) is 39.2. The lowest BCUT2D eigenvalue weighted by molar-refractivity contribution is -0.140. The minimum Gasteiger partial charge on any atom is -0.497 e. The maximum absolute atomic E-state index is 13.1. The monoisotopic (exact) mass is 1630 g/mol. The van der Waals surface area contributed by atoms with Gasteiger partial charge in [-0.3, -0.25) is 14.4 Å². The van der Waals surface area contributed by atoms with E-state index in [1.165, 1.54) is 59.4 Å². The predicted octanol–water partition coefficient (Wildman–Crippen LogP) is 9.92. The molecule has 3 heterocycles. The van der Waals surface area contributed by atoms with E-state index in [1.807, 2.05) is 68.0 Å². The van der Waals surface area contributed by atoms with E-state index in [2.05, 4.69) is 64.2 Å². The van der Waals surface area contributed by atoms with Crippen molar-refractivity contribution >= 4 is 73.2 Å². The van der Waals surface area contributed by atoms with Crippen molar-refractivity contribution in [1.29, 1.82) is 0 Å². The first-order valence-electron chi connectivity index (χ1n) is 34.3. The first-order chi connectivity index (χ1) is 52.0. The average molecular weight is 1630 g/mol. The number of hydrogen-bond donors (Lipinski definition) is 1. The molecule has 0 bridgehead atoms. The highest BCUT2D eigenvalue weighted by molar-refractivity contribution is 7.89. The molecule has 6 aromatic carbocycles. The molecular weight excluding hydrogens is 1530 g/mol. The number of benzene rings is 6. The molecule has 0 fully saturated rings. The lowest BCUT2D eigenvalue weighted by Crippen LogP contribution is -2.33. The molecule has 111 heavy (non-hydrogen) atoms. The van der Waals surface area contributed by atoms with Crippen molar-refractivity contribution in [2.75, 3.05) is 123 Å². The van der Waals surface area contributed by atoms with Gasteiger partial charge in [0.15, 0.2) is 6.79 Å². The molecule has 9 aromatic rings. The number of hydrogen-bond acceptors (Lipinski definition) is 23. The quantitative estimate of drug-likeness (QED) is 0.0223. The third-order valence-corrected chi connectivity index (χ3v) is 23.4. The van der Waals surface area contributed by atoms with Gasteiger partial charge in [0.05, 0.1) is 55.8 Å². The molecule has 2 amide bonds. The van der Waals surface area contributed by atoms with E-state index >= 15 is 0 Å². The van der Waals surface area contributed by atoms with Crippen LogP contribution in [0.1, 0.15) is 50.1 Å². The largest absolute Gasteiger partial charge is 0.497 e. The Hall–Kier alpha value is -9.48. The summed E-state index contributed by atoms with van der Waals surface area (Å²) in [6.07, 6.45) is 15.1. The van der Waals surface area contributed by atoms with Crippen molar-refractivity contribution in [1.82, 2.24) is 57.9 Å². The number of aryl methyl sites for hydroxylation is 6. The maximum Gasteiger partial charge on any atom is 0.295 e. The van der Waals surface area contributed by atoms with E-state index < -0.39 is 30.1 Å². The second-order valence-corrected chi connectivity index (χ2v) is 31.1. The first-order valence-corrected chi connectivity index (χ1v) is 38.6. The van der Waals surface area contributed by atoms with Gasteiger partial charge in [-0.1, -0.05) is 54.6 Å². The molecule has 0 aliphatic carbocycles. The lowest BCUT2D eigenvalue weighted by atomic mass is 10.1. The van der Waals surface area contributed by atoms with Gasteiger partial charge in [0.25, 0.3) is 6.47 Å². The van der Waals surface area contributed by atoms with Crippen molar-refractivity contribution in [3.05, 3.63) is 215 Å². The second kappa shape index (κ2) is 46.4. The predicted molar refractivity (Wildman–Crippen MR) is 429 cm³/mol. The van der Waals surface area contributed by atoms with Gasteiger partial charge in [-0.25, -0.2) is 55.2 Å². The summed E-state index contributed by atoms with van der Waals surface area (Å²) in [5, 5.41) is 3.13. The fraction of sp³-hybridized carbons (Fsp3) is 0.346. The highest BCUT2D eigenvalue weighted by Gasteiger charge is 2.29. The topological polar surface area (TPSA) is 324 Å². The molecule has 3 aromatic heterocycles. The molecule has 0 aliphatic heterocycles. The highest BCUT2D eigenvalue weighted by Crippen LogP contribution is 2.31. The van der Waals surface area contributed by atoms with Crippen molar-refractivity contribution in [2.45, 2.75) is 75.9 Å². The van der Waals surface area contributed by atoms with Gasteiger partial charge in [-0.05, 0) is 170 Å². The highest BCUT2D eigenvalue weighted by atomic mass is 35.5. The van der Waals surface area contributed by atoms with Crippen LogP contribution in [-0.2, 0) is 83.0 Å². The molecule has 600 valence electrons. The molecule has 0 aliphatic rings. The van der Waals surface area contributed by atoms with Crippen molar-refractivity contribution < 1.29 is 72.8 Å². The van der Waals surface area contributed by atoms with Crippen LogP contribution in [0.2, 0.25) is 0 Å². The smallest absolute Gasteiger partial charge is 0.295 e. The van der Waals surface area contributed by atoms with Crippen molar-refractivity contribution in [2.24, 2.45) is 0 Å². The number of halogens is 2. The lowest BCUT2D eigenvalue weighted by Gasteiger charge is -2.21. The SMILES string of the molecule is CNCc1cccc(-c2cncnc2)c1.COc1cc(C)c(S(=O)(=O)N(C)CCOCC(=O)N(C)Cc2cccc(-c3cncnc3)c2)c(C)c1.COc1cc(C)c(S(=O)(=O)N(C)CCOCC(=O)N(C)Cc2cccc(-c3cncnc3)c2)c(C)c1.COc1cc(C)c(S(=O)(=O)N(C)CCOCOC=O)c(C)c1.Cl.Cl. The zero-order chi connectivity index (χ0) is 79.8. The van der Waals surface area contributed by atoms with E-state index in [9.17, 15) is 39.6 Å². The summed E-state index contributed by atoms with van der Waals surface area (Å²) in [4.78, 5) is 63.2. The Labute approximate surface area is 664 Å². The molecule has 0 radical (unpaired) electrons. The third kappa shape index (κ3) is 28.0. The van der Waals surface area contributed by atoms with Gasteiger partial charge in [-0.15, -0.1) is 24.8 Å². The number of aromatic nitrogens is 6. The normalized spacial score (nSPS) is 11.1. The number of nitrogens with zero attached hydrogens (tertiary/aromatic N) is 11. The third-order valence-electron chi connectivity index (χ3n) is 16.9. The van der Waals surface area contributed by atoms with Crippen LogP contribution in [0.25, 0.3) is 33.4 Å². The van der Waals surface area contributed by atoms with E-state index in [0.717, 1.165) is 51.1 Å². The summed E-state index contributed by atoms with van der Waals surface area (Å²) in [7, 11) is 3.38. The van der Waals surface area contributed by atoms with Gasteiger partial charge in [0.2, 0.25) is 41.9 Å². The molecule has 0 saturated carbocycles. The summed E-state index contributed by atoms with van der Waals surface area (Å²) >= 11 is 0. The molecule has 0 saturated heterocycles. The van der Waals surface area contributed by atoms with Crippen LogP contribution in [0.15, 0.2) is 180 Å². The van der Waals surface area contributed by atoms with Crippen LogP contribution in [0.5, 0.6) is 17.2 Å². The number of amides is 2. The van der Waals surface area contributed by atoms with Crippen molar-refractivity contribution in [3.8, 4) is 50.6 Å². The standard InChI is InChI=1S/2C26H32N4O5S.C14H21NO6S.C12H13N3.2ClH/c2*1-19-11-24(34-5)12-20(2)26(19)36(32,33)30(4)9-10-35-17-25(31)29(3)16-21-7-6-8-22(13-21)23-14-27-18-28-15-23;1-11-7-13(19-4)8-12(2)14(11)22(17,18)15(3)5-6-20-10-21-9-16;1-13-6-10-3-2-4-11(5-10)12-7-14-9-15-8-12;;/h2*6-8,11-15,18H,9-10,16-17H2,1-5H3;7-9H,5-6,10H2,1-4H3;2-5,7-9,13H,6H2,1H3;2*1H. The molecule has 1 N–H and O–H groups in total. The number of likely N-dealkylation sites (N-methyl/N-ethyl adjacent to an activating group) is 5. The number of sulfonamides is 3. The fourth-order valence-electron chi connectivity index (χ4n) is 11.2. The van der Waals surface area contributed by atoms with Crippen LogP contribution in [0, 0.1) is 41.5 Å². The zero-order valence-electron chi connectivity index (χ0n) is 65.1. The fourth-order valence-corrected chi connectivity index (χ4v) is 15.9. The minimum absolute atomic E-state index is 0. The summed E-state index contributed by atoms with van der Waals surface area (Å²) in [6.45, 7) is 12.6. The first kappa shape index (κ1) is 93.9. The van der Waals surface area contributed by atoms with Crippen LogP contribution in [0.3, 0.4) is 0 Å². The second-order valence-electron chi connectivity index (χ2n) is 25.2. The summed E-state index contributed by atoms with van der Waals surface area (Å²) < 4.78 is 117. The number of nitrogens with one attached hydrogen (secondary N) is 1. The van der Waals surface area contributed by atoms with Gasteiger partial charge in [-0.2, -0.15) is 12.9 Å². The average Bonchev–Trinajstić information content (AvgIpc) is 0.793. The summed E-state index contributed by atoms with van der Waals surface area (Å²) in [5.74, 6) is 1.44. The maximum atomic E-state index is 13.1. The van der Waals surface area contributed by atoms with Gasteiger partial charge in [0, 0.05) is 128 Å². The molecule has 0 atom stereocenters. The van der Waals surface area contributed by atoms with Gasteiger partial charge in [0.1, 0.15) is 49.4 Å². The van der Waals surface area contributed by atoms with Crippen LogP contribution >= 0.6 is 24.8 Å². The minimum atomic E-state index is -3.72. The van der Waals surface area contributed by atoms with Crippen LogP contribution in [-0.4, -0.2) is 219 Å². The Morgan fingerprint density at radius 3 is 0.973 bits per heavy atom. The van der Waals surface area contributed by atoms with Gasteiger partial charge < -0.3 is 48.3 Å². The molecule has 28 nitrogen and oxygen atoms in total. The zero-order valence-corrected chi connectivity index (χ0v) is 69.2. The molecule has 9 rings (SSSR count). The number of carbonyl (C=O) groups is 3. The Bertz CT molecular complexity index is 4530. The number of ether oxygens (including phenoxy) is 7. The van der Waals surface area contributed by atoms with Crippen molar-refractivity contribution in [3.63, 3.8) is 0 Å². The summed E-state index contributed by atoms with van der Waals surface area (Å²) in [6, 6.07) is 34.2. The van der Waals surface area contributed by atoms with E-state index in [0.29, 0.717) is 63.7 Å². The van der Waals surface area contributed by atoms with Crippen LogP contribution < -0.4 is 19.5 Å². The number of methoxy groups -OCH3 is 3. The summed E-state index contributed by atoms with van der Waals surface area (Å²) in [5.41, 5.74) is 12.8. The number of rotatable bonds is 34. The van der Waals surface area contributed by atoms with E-state index in [4.69, 9.17) is 28.4 Å². The van der Waals surface area contributed by atoms with Crippen LogP contribution in [0.4, 0.5) is 0 Å². The number of carbonyl (C=O) groups excluding carboxylic acids is 3. The molecule has 33 heteroatoms. The Morgan fingerprint density at radius 2 is 0.694 bits per heavy atom. The Balaban J connectivity index is 0.000000325. The molecule has 0 unspecified atom stereocenters. The molecular formula is C78H100Cl2N12O16S3. The van der Waals surface area contributed by atoms with Gasteiger partial charge >= 0.3 is 0 Å². The molecule has 0 spiro atoms. The van der Waals surface area contributed by atoms with E-state index in [-0.39, 0.29) is 117 Å². The van der Waals surface area contributed by atoms with E-state index in [1.54, 1.807) is 147 Å².